The summed E-state index contributed by atoms with van der Waals surface area (Å²) in [7, 11) is 0. The summed E-state index contributed by atoms with van der Waals surface area (Å²) in [6, 6.07) is 0. The van der Waals surface area contributed by atoms with Crippen molar-refractivity contribution in [2.24, 2.45) is 5.92 Å². The van der Waals surface area contributed by atoms with E-state index in [9.17, 15) is 0 Å². The molecule has 0 heterocycles. The minimum atomic E-state index is 0. The summed E-state index contributed by atoms with van der Waals surface area (Å²) in [5.41, 5.74) is 0. The molecule has 0 spiro atoms. The summed E-state index contributed by atoms with van der Waals surface area (Å²) in [5.74, 6) is 1.03. The van der Waals surface area contributed by atoms with Gasteiger partial charge in [0.05, 0.1) is 0 Å². The van der Waals surface area contributed by atoms with Crippen LogP contribution in [0.4, 0.5) is 0 Å². The van der Waals surface area contributed by atoms with E-state index in [2.05, 4.69) is 20.8 Å². The van der Waals surface area contributed by atoms with Crippen molar-refractivity contribution in [3.8, 4) is 0 Å². The van der Waals surface area contributed by atoms with Gasteiger partial charge in [0, 0.05) is 0 Å². The molecule has 0 bridgehead atoms. The van der Waals surface area contributed by atoms with Crippen LogP contribution in [0, 0.1) is 5.92 Å². The first-order valence-corrected chi connectivity index (χ1v) is 4.85. The maximum atomic E-state index is 2.29. The third kappa shape index (κ3) is 7.86. The van der Waals surface area contributed by atoms with Crippen molar-refractivity contribution in [2.45, 2.75) is 59.3 Å². The lowest BCUT2D eigenvalue weighted by molar-refractivity contribution is 0.407. The van der Waals surface area contributed by atoms with Crippen LogP contribution < -0.4 is 0 Å². The molecule has 0 aliphatic heterocycles. The Labute approximate surface area is 71.5 Å². The van der Waals surface area contributed by atoms with Crippen LogP contribution in [0.1, 0.15) is 59.3 Å². The normalized spacial score (nSPS) is 9.82. The highest BCUT2D eigenvalue weighted by atomic mass is 16.0. The second-order valence-electron chi connectivity index (χ2n) is 3.23. The average Bonchev–Trinajstić information content (AvgIpc) is 1.90. The maximum absolute atomic E-state index is 2.29. The second kappa shape index (κ2) is 9.96. The van der Waals surface area contributed by atoms with E-state index in [0.717, 1.165) is 5.92 Å². The molecule has 0 amide bonds. The third-order valence-corrected chi connectivity index (χ3v) is 2.09. The van der Waals surface area contributed by atoms with Crippen molar-refractivity contribution in [1.29, 1.82) is 0 Å². The predicted molar refractivity (Wildman–Crippen MR) is 51.8 cm³/mol. The minimum absolute atomic E-state index is 0. The first-order valence-electron chi connectivity index (χ1n) is 4.85. The second-order valence-corrected chi connectivity index (χ2v) is 3.23. The topological polar surface area (TPSA) is 31.5 Å². The Kier molecular flexibility index (Phi) is 12.3. The van der Waals surface area contributed by atoms with Gasteiger partial charge >= 0.3 is 0 Å². The van der Waals surface area contributed by atoms with Gasteiger partial charge in [-0.25, -0.2) is 0 Å². The quantitative estimate of drug-likeness (QED) is 0.571. The standard InChI is InChI=1S/C10H22.H2O/c1-4-7-10(8-5-2)9-6-3;/h10H,4-9H2,1-3H3;1H2. The van der Waals surface area contributed by atoms with Crippen LogP contribution in [0.5, 0.6) is 0 Å². The first-order chi connectivity index (χ1) is 4.85. The molecule has 1 heteroatoms. The van der Waals surface area contributed by atoms with Gasteiger partial charge in [-0.1, -0.05) is 59.3 Å². The van der Waals surface area contributed by atoms with Crippen LogP contribution >= 0.6 is 0 Å². The van der Waals surface area contributed by atoms with Gasteiger partial charge in [0.2, 0.25) is 0 Å². The Morgan fingerprint density at radius 2 is 1.00 bits per heavy atom. The Balaban J connectivity index is 0. The van der Waals surface area contributed by atoms with E-state index in [4.69, 9.17) is 0 Å². The molecule has 0 aromatic carbocycles. The summed E-state index contributed by atoms with van der Waals surface area (Å²) in [6.45, 7) is 6.87. The number of hydrogen-bond acceptors (Lipinski definition) is 0. The van der Waals surface area contributed by atoms with E-state index in [1.807, 2.05) is 0 Å². The fraction of sp³-hybridized carbons (Fsp3) is 1.00. The SMILES string of the molecule is CCCC(CCC)CCC.O. The molecule has 0 aliphatic carbocycles. The molecule has 0 aromatic heterocycles. The zero-order valence-corrected chi connectivity index (χ0v) is 8.32. The van der Waals surface area contributed by atoms with Gasteiger partial charge in [-0.2, -0.15) is 0 Å². The van der Waals surface area contributed by atoms with Crippen molar-refractivity contribution in [3.05, 3.63) is 0 Å². The monoisotopic (exact) mass is 160 g/mol. The van der Waals surface area contributed by atoms with Gasteiger partial charge in [0.1, 0.15) is 0 Å². The smallest absolute Gasteiger partial charge is 0.0415 e. The molecule has 0 saturated heterocycles. The Morgan fingerprint density at radius 3 is 1.18 bits per heavy atom. The summed E-state index contributed by atoms with van der Waals surface area (Å²) in [4.78, 5) is 0. The molecule has 11 heavy (non-hydrogen) atoms. The molecule has 0 saturated carbocycles. The Morgan fingerprint density at radius 1 is 0.727 bits per heavy atom. The molecule has 1 nitrogen and oxygen atoms in total. The van der Waals surface area contributed by atoms with Crippen LogP contribution in [0.3, 0.4) is 0 Å². The fourth-order valence-corrected chi connectivity index (χ4v) is 1.66. The van der Waals surface area contributed by atoms with Crippen molar-refractivity contribution in [2.75, 3.05) is 0 Å². The van der Waals surface area contributed by atoms with Crippen molar-refractivity contribution in [1.82, 2.24) is 0 Å². The highest BCUT2D eigenvalue weighted by molar-refractivity contribution is 4.56. The lowest BCUT2D eigenvalue weighted by Crippen LogP contribution is -1.98. The van der Waals surface area contributed by atoms with Crippen LogP contribution in [0.25, 0.3) is 0 Å². The lowest BCUT2D eigenvalue weighted by atomic mass is 9.94. The first kappa shape index (κ1) is 13.5. The van der Waals surface area contributed by atoms with Crippen molar-refractivity contribution < 1.29 is 5.48 Å². The van der Waals surface area contributed by atoms with Crippen LogP contribution in [-0.4, -0.2) is 5.48 Å². The Bertz CT molecular complexity index is 47.6. The summed E-state index contributed by atoms with van der Waals surface area (Å²) in [6.07, 6.45) is 8.44. The molecule has 0 aromatic rings. The van der Waals surface area contributed by atoms with Crippen LogP contribution in [0.15, 0.2) is 0 Å². The summed E-state index contributed by atoms with van der Waals surface area (Å²) < 4.78 is 0. The zero-order valence-electron chi connectivity index (χ0n) is 8.32. The third-order valence-electron chi connectivity index (χ3n) is 2.09. The van der Waals surface area contributed by atoms with Crippen molar-refractivity contribution in [3.63, 3.8) is 0 Å². The number of hydrogen-bond donors (Lipinski definition) is 0. The average molecular weight is 160 g/mol. The van der Waals surface area contributed by atoms with Gasteiger partial charge in [-0.3, -0.25) is 0 Å². The highest BCUT2D eigenvalue weighted by Crippen LogP contribution is 2.18. The van der Waals surface area contributed by atoms with E-state index in [1.165, 1.54) is 38.5 Å². The molecular formula is C10H24O. The highest BCUT2D eigenvalue weighted by Gasteiger charge is 2.03. The summed E-state index contributed by atoms with van der Waals surface area (Å²) >= 11 is 0. The largest absolute Gasteiger partial charge is 0.412 e. The number of rotatable bonds is 6. The van der Waals surface area contributed by atoms with E-state index in [0.29, 0.717) is 0 Å². The van der Waals surface area contributed by atoms with Crippen LogP contribution in [-0.2, 0) is 0 Å². The van der Waals surface area contributed by atoms with Gasteiger partial charge < -0.3 is 5.48 Å². The molecule has 0 rings (SSSR count). The fourth-order valence-electron chi connectivity index (χ4n) is 1.66. The molecule has 0 atom stereocenters. The van der Waals surface area contributed by atoms with E-state index < -0.39 is 0 Å². The van der Waals surface area contributed by atoms with Gasteiger partial charge in [-0.15, -0.1) is 0 Å². The molecule has 0 aliphatic rings. The van der Waals surface area contributed by atoms with Crippen molar-refractivity contribution >= 4 is 0 Å². The molecule has 0 fully saturated rings. The predicted octanol–water partition coefficient (Wildman–Crippen LogP) is 3.18. The van der Waals surface area contributed by atoms with Gasteiger partial charge in [0.25, 0.3) is 0 Å². The molecule has 2 N–H and O–H groups in total. The Hall–Kier alpha value is -0.0400. The molecule has 0 unspecified atom stereocenters. The maximum Gasteiger partial charge on any atom is -0.0415 e. The van der Waals surface area contributed by atoms with E-state index in [1.54, 1.807) is 0 Å². The molecule has 0 radical (unpaired) electrons. The minimum Gasteiger partial charge on any atom is -0.412 e. The van der Waals surface area contributed by atoms with E-state index in [-0.39, 0.29) is 5.48 Å². The zero-order chi connectivity index (χ0) is 7.82. The van der Waals surface area contributed by atoms with E-state index >= 15 is 0 Å². The summed E-state index contributed by atoms with van der Waals surface area (Å²) in [5, 5.41) is 0. The molecular weight excluding hydrogens is 136 g/mol. The van der Waals surface area contributed by atoms with Gasteiger partial charge in [-0.05, 0) is 5.92 Å². The van der Waals surface area contributed by atoms with Crippen LogP contribution in [0.2, 0.25) is 0 Å². The lowest BCUT2D eigenvalue weighted by Gasteiger charge is -2.12. The molecule has 70 valence electrons. The van der Waals surface area contributed by atoms with Gasteiger partial charge in [0.15, 0.2) is 0 Å².